The van der Waals surface area contributed by atoms with Crippen LogP contribution in [0.1, 0.15) is 37.3 Å². The molecule has 1 aliphatic carbocycles. The van der Waals surface area contributed by atoms with Crippen LogP contribution in [0, 0.1) is 12.8 Å². The molecule has 1 aromatic carbocycles. The van der Waals surface area contributed by atoms with Crippen molar-refractivity contribution in [3.8, 4) is 0 Å². The molecule has 16 heavy (non-hydrogen) atoms. The van der Waals surface area contributed by atoms with Crippen LogP contribution in [0.5, 0.6) is 0 Å². The zero-order valence-electron chi connectivity index (χ0n) is 9.96. The number of hydrogen-bond donors (Lipinski definition) is 1. The van der Waals surface area contributed by atoms with Gasteiger partial charge in [-0.25, -0.2) is 0 Å². The Hall–Kier alpha value is -0.530. The summed E-state index contributed by atoms with van der Waals surface area (Å²) in [6.07, 6.45) is 4.11. The van der Waals surface area contributed by atoms with Crippen LogP contribution in [-0.4, -0.2) is 10.7 Å². The normalized spacial score (nSPS) is 19.5. The maximum atomic E-state index is 10.3. The second kappa shape index (κ2) is 4.38. The standard InChI is InChI=1S/C14H19ClO/c1-10-3-6-12(13(15)7-10)9-14(2,16)8-11-4-5-11/h3,6-7,11,16H,4-5,8-9H2,1-2H3. The summed E-state index contributed by atoms with van der Waals surface area (Å²) in [6, 6.07) is 6.04. The fraction of sp³-hybridized carbons (Fsp3) is 0.571. The lowest BCUT2D eigenvalue weighted by molar-refractivity contribution is 0.0455. The number of halogens is 1. The van der Waals surface area contributed by atoms with Gasteiger partial charge < -0.3 is 5.11 Å². The first-order valence-electron chi connectivity index (χ1n) is 5.94. The molecule has 0 aromatic heterocycles. The molecule has 2 rings (SSSR count). The molecule has 1 nitrogen and oxygen atoms in total. The molecule has 0 amide bonds. The van der Waals surface area contributed by atoms with E-state index in [2.05, 4.69) is 6.07 Å². The first-order valence-corrected chi connectivity index (χ1v) is 6.31. The van der Waals surface area contributed by atoms with Crippen molar-refractivity contribution in [2.75, 3.05) is 0 Å². The third-order valence-electron chi connectivity index (χ3n) is 3.21. The van der Waals surface area contributed by atoms with Crippen molar-refractivity contribution in [2.45, 2.75) is 45.1 Å². The van der Waals surface area contributed by atoms with Crippen LogP contribution in [0.25, 0.3) is 0 Å². The largest absolute Gasteiger partial charge is 0.390 e. The lowest BCUT2D eigenvalue weighted by Crippen LogP contribution is -2.28. The van der Waals surface area contributed by atoms with Crippen molar-refractivity contribution in [2.24, 2.45) is 5.92 Å². The van der Waals surface area contributed by atoms with Gasteiger partial charge in [-0.2, -0.15) is 0 Å². The summed E-state index contributed by atoms with van der Waals surface area (Å²) in [7, 11) is 0. The predicted octanol–water partition coefficient (Wildman–Crippen LogP) is 3.74. The molecule has 88 valence electrons. The highest BCUT2D eigenvalue weighted by Crippen LogP contribution is 2.38. The first-order chi connectivity index (χ1) is 7.46. The van der Waals surface area contributed by atoms with Crippen molar-refractivity contribution in [3.63, 3.8) is 0 Å². The summed E-state index contributed by atoms with van der Waals surface area (Å²) in [6.45, 7) is 3.94. The SMILES string of the molecule is Cc1ccc(CC(C)(O)CC2CC2)c(Cl)c1. The lowest BCUT2D eigenvalue weighted by atomic mass is 9.91. The monoisotopic (exact) mass is 238 g/mol. The maximum absolute atomic E-state index is 10.3. The molecule has 2 heteroatoms. The van der Waals surface area contributed by atoms with Gasteiger partial charge in [-0.05, 0) is 43.4 Å². The highest BCUT2D eigenvalue weighted by Gasteiger charge is 2.32. The first kappa shape index (κ1) is 11.9. The molecule has 0 saturated heterocycles. The summed E-state index contributed by atoms with van der Waals surface area (Å²) >= 11 is 6.18. The number of hydrogen-bond acceptors (Lipinski definition) is 1. The minimum Gasteiger partial charge on any atom is -0.390 e. The Kier molecular flexibility index (Phi) is 3.27. The van der Waals surface area contributed by atoms with E-state index in [1.54, 1.807) is 0 Å². The summed E-state index contributed by atoms with van der Waals surface area (Å²) in [5.41, 5.74) is 1.61. The van der Waals surface area contributed by atoms with Crippen molar-refractivity contribution in [3.05, 3.63) is 34.3 Å². The molecule has 1 saturated carbocycles. The molecular formula is C14H19ClO. The van der Waals surface area contributed by atoms with E-state index in [4.69, 9.17) is 11.6 Å². The third-order valence-corrected chi connectivity index (χ3v) is 3.56. The molecule has 1 aromatic rings. The van der Waals surface area contributed by atoms with E-state index in [-0.39, 0.29) is 0 Å². The summed E-state index contributed by atoms with van der Waals surface area (Å²) in [5.74, 6) is 0.735. The quantitative estimate of drug-likeness (QED) is 0.847. The number of aliphatic hydroxyl groups is 1. The van der Waals surface area contributed by atoms with Crippen LogP contribution >= 0.6 is 11.6 Å². The molecule has 0 bridgehead atoms. The van der Waals surface area contributed by atoms with E-state index in [0.29, 0.717) is 6.42 Å². The Morgan fingerprint density at radius 3 is 2.69 bits per heavy atom. The fourth-order valence-electron chi connectivity index (χ4n) is 2.22. The smallest absolute Gasteiger partial charge is 0.0663 e. The highest BCUT2D eigenvalue weighted by atomic mass is 35.5. The van der Waals surface area contributed by atoms with Crippen LogP contribution in [0.2, 0.25) is 5.02 Å². The Labute approximate surface area is 102 Å². The summed E-state index contributed by atoms with van der Waals surface area (Å²) < 4.78 is 0. The predicted molar refractivity (Wildman–Crippen MR) is 67.9 cm³/mol. The summed E-state index contributed by atoms with van der Waals surface area (Å²) in [5, 5.41) is 11.1. The molecule has 0 heterocycles. The van der Waals surface area contributed by atoms with Crippen LogP contribution in [-0.2, 0) is 6.42 Å². The average Bonchev–Trinajstić information content (AvgIpc) is 2.93. The molecule has 0 radical (unpaired) electrons. The zero-order chi connectivity index (χ0) is 11.8. The van der Waals surface area contributed by atoms with Crippen LogP contribution in [0.15, 0.2) is 18.2 Å². The van der Waals surface area contributed by atoms with E-state index in [1.807, 2.05) is 26.0 Å². The van der Waals surface area contributed by atoms with Crippen molar-refractivity contribution >= 4 is 11.6 Å². The Morgan fingerprint density at radius 2 is 2.12 bits per heavy atom. The van der Waals surface area contributed by atoms with E-state index in [9.17, 15) is 5.11 Å². The minimum absolute atomic E-state index is 0.611. The number of aryl methyl sites for hydroxylation is 1. The molecule has 1 fully saturated rings. The van der Waals surface area contributed by atoms with Crippen LogP contribution < -0.4 is 0 Å². The van der Waals surface area contributed by atoms with E-state index >= 15 is 0 Å². The molecule has 1 N–H and O–H groups in total. The minimum atomic E-state index is -0.611. The molecule has 0 aliphatic heterocycles. The van der Waals surface area contributed by atoms with Gasteiger partial charge >= 0.3 is 0 Å². The molecule has 0 spiro atoms. The van der Waals surface area contributed by atoms with Crippen molar-refractivity contribution in [1.82, 2.24) is 0 Å². The maximum Gasteiger partial charge on any atom is 0.0663 e. The van der Waals surface area contributed by atoms with Crippen molar-refractivity contribution in [1.29, 1.82) is 0 Å². The lowest BCUT2D eigenvalue weighted by Gasteiger charge is -2.24. The van der Waals surface area contributed by atoms with Crippen molar-refractivity contribution < 1.29 is 5.11 Å². The van der Waals surface area contributed by atoms with Gasteiger partial charge in [-0.15, -0.1) is 0 Å². The van der Waals surface area contributed by atoms with E-state index < -0.39 is 5.60 Å². The Morgan fingerprint density at radius 1 is 1.44 bits per heavy atom. The highest BCUT2D eigenvalue weighted by molar-refractivity contribution is 6.31. The van der Waals surface area contributed by atoms with Gasteiger partial charge in [0.15, 0.2) is 0 Å². The topological polar surface area (TPSA) is 20.2 Å². The van der Waals surface area contributed by atoms with Gasteiger partial charge in [0, 0.05) is 11.4 Å². The fourth-order valence-corrected chi connectivity index (χ4v) is 2.52. The van der Waals surface area contributed by atoms with E-state index in [1.165, 1.54) is 12.8 Å². The van der Waals surface area contributed by atoms with Crippen LogP contribution in [0.4, 0.5) is 0 Å². The number of rotatable bonds is 4. The average molecular weight is 239 g/mol. The Balaban J connectivity index is 2.06. The Bertz CT molecular complexity index is 380. The van der Waals surface area contributed by atoms with Crippen LogP contribution in [0.3, 0.4) is 0 Å². The molecular weight excluding hydrogens is 220 g/mol. The van der Waals surface area contributed by atoms with Gasteiger partial charge in [0.05, 0.1) is 5.60 Å². The molecule has 1 unspecified atom stereocenters. The zero-order valence-corrected chi connectivity index (χ0v) is 10.7. The second-order valence-electron chi connectivity index (χ2n) is 5.42. The van der Waals surface area contributed by atoms with E-state index in [0.717, 1.165) is 28.5 Å². The third kappa shape index (κ3) is 3.23. The second-order valence-corrected chi connectivity index (χ2v) is 5.82. The van der Waals surface area contributed by atoms with Gasteiger partial charge in [0.25, 0.3) is 0 Å². The molecule has 1 atom stereocenters. The summed E-state index contributed by atoms with van der Waals surface area (Å²) in [4.78, 5) is 0. The van der Waals surface area contributed by atoms with Gasteiger partial charge in [-0.3, -0.25) is 0 Å². The van der Waals surface area contributed by atoms with Gasteiger partial charge in [0.1, 0.15) is 0 Å². The molecule has 1 aliphatic rings. The number of benzene rings is 1. The van der Waals surface area contributed by atoms with Gasteiger partial charge in [-0.1, -0.05) is 36.6 Å². The van der Waals surface area contributed by atoms with Gasteiger partial charge in [0.2, 0.25) is 0 Å².